The Morgan fingerprint density at radius 3 is 2.88 bits per heavy atom. The highest BCUT2D eigenvalue weighted by molar-refractivity contribution is 5.55. The lowest BCUT2D eigenvalue weighted by atomic mass is 10.0. The fraction of sp³-hybridized carbons (Fsp3) is 0.538. The van der Waals surface area contributed by atoms with Crippen molar-refractivity contribution < 1.29 is 9.13 Å². The Morgan fingerprint density at radius 2 is 2.29 bits per heavy atom. The van der Waals surface area contributed by atoms with Crippen molar-refractivity contribution in [1.29, 1.82) is 0 Å². The monoisotopic (exact) mass is 238 g/mol. The average Bonchev–Trinajstić information content (AvgIpc) is 2.81. The summed E-state index contributed by atoms with van der Waals surface area (Å²) in [7, 11) is 2.01. The van der Waals surface area contributed by atoms with Crippen LogP contribution in [0.2, 0.25) is 0 Å². The standard InChI is InChI=1S/C13H19FN2O/c1-9(15)12-7-10(14)3-4-13(12)16(2)11-5-6-17-8-11/h3-4,7,9,11H,5-6,8,15H2,1-2H3/t9-,11?/m0/s1. The van der Waals surface area contributed by atoms with Crippen LogP contribution in [0.25, 0.3) is 0 Å². The van der Waals surface area contributed by atoms with E-state index in [1.54, 1.807) is 6.07 Å². The number of anilines is 1. The van der Waals surface area contributed by atoms with E-state index in [1.807, 2.05) is 14.0 Å². The summed E-state index contributed by atoms with van der Waals surface area (Å²) in [5.74, 6) is -0.239. The van der Waals surface area contributed by atoms with Crippen LogP contribution in [0, 0.1) is 5.82 Å². The Hall–Kier alpha value is -1.13. The summed E-state index contributed by atoms with van der Waals surface area (Å²) in [4.78, 5) is 2.14. The maximum atomic E-state index is 13.2. The molecule has 1 aromatic carbocycles. The van der Waals surface area contributed by atoms with Crippen molar-refractivity contribution >= 4 is 5.69 Å². The van der Waals surface area contributed by atoms with Gasteiger partial charge in [-0.05, 0) is 37.1 Å². The molecule has 1 saturated heterocycles. The van der Waals surface area contributed by atoms with Crippen LogP contribution in [0.5, 0.6) is 0 Å². The number of ether oxygens (including phenoxy) is 1. The van der Waals surface area contributed by atoms with E-state index >= 15 is 0 Å². The second-order valence-electron chi connectivity index (χ2n) is 4.62. The number of likely N-dealkylation sites (N-methyl/N-ethyl adjacent to an activating group) is 1. The lowest BCUT2D eigenvalue weighted by Crippen LogP contribution is -2.33. The molecule has 1 heterocycles. The van der Waals surface area contributed by atoms with Gasteiger partial charge in [0.25, 0.3) is 0 Å². The lowest BCUT2D eigenvalue weighted by molar-refractivity contribution is 0.193. The first kappa shape index (κ1) is 12.3. The summed E-state index contributed by atoms with van der Waals surface area (Å²) in [6.07, 6.45) is 1.01. The van der Waals surface area contributed by atoms with Gasteiger partial charge in [-0.25, -0.2) is 4.39 Å². The molecular weight excluding hydrogens is 219 g/mol. The maximum Gasteiger partial charge on any atom is 0.123 e. The Labute approximate surface area is 101 Å². The predicted molar refractivity (Wildman–Crippen MR) is 66.6 cm³/mol. The molecule has 1 fully saturated rings. The van der Waals surface area contributed by atoms with Gasteiger partial charge in [-0.15, -0.1) is 0 Å². The van der Waals surface area contributed by atoms with E-state index in [9.17, 15) is 4.39 Å². The third-order valence-corrected chi connectivity index (χ3v) is 3.31. The van der Waals surface area contributed by atoms with E-state index in [2.05, 4.69) is 4.90 Å². The SMILES string of the molecule is C[C@H](N)c1cc(F)ccc1N(C)C1CCOC1. The van der Waals surface area contributed by atoms with Gasteiger partial charge in [0.15, 0.2) is 0 Å². The molecule has 1 aliphatic rings. The predicted octanol–water partition coefficient (Wildman–Crippen LogP) is 2.07. The van der Waals surface area contributed by atoms with Gasteiger partial charge in [0.1, 0.15) is 5.82 Å². The van der Waals surface area contributed by atoms with E-state index in [4.69, 9.17) is 10.5 Å². The highest BCUT2D eigenvalue weighted by Gasteiger charge is 2.23. The lowest BCUT2D eigenvalue weighted by Gasteiger charge is -2.28. The summed E-state index contributed by atoms with van der Waals surface area (Å²) in [5, 5.41) is 0. The molecule has 0 spiro atoms. The molecule has 3 nitrogen and oxygen atoms in total. The number of benzene rings is 1. The molecule has 17 heavy (non-hydrogen) atoms. The average molecular weight is 238 g/mol. The molecule has 2 atom stereocenters. The van der Waals surface area contributed by atoms with Crippen molar-refractivity contribution in [1.82, 2.24) is 0 Å². The largest absolute Gasteiger partial charge is 0.379 e. The zero-order valence-corrected chi connectivity index (χ0v) is 10.3. The van der Waals surface area contributed by atoms with Gasteiger partial charge in [0.05, 0.1) is 12.6 Å². The first-order valence-corrected chi connectivity index (χ1v) is 5.95. The van der Waals surface area contributed by atoms with Crippen molar-refractivity contribution in [2.75, 3.05) is 25.2 Å². The summed E-state index contributed by atoms with van der Waals surface area (Å²) >= 11 is 0. The fourth-order valence-corrected chi connectivity index (χ4v) is 2.24. The zero-order valence-electron chi connectivity index (χ0n) is 10.3. The highest BCUT2D eigenvalue weighted by atomic mass is 19.1. The third-order valence-electron chi connectivity index (χ3n) is 3.31. The van der Waals surface area contributed by atoms with Gasteiger partial charge < -0.3 is 15.4 Å². The topological polar surface area (TPSA) is 38.5 Å². The van der Waals surface area contributed by atoms with Crippen LogP contribution >= 0.6 is 0 Å². The molecule has 0 aliphatic carbocycles. The molecule has 1 unspecified atom stereocenters. The van der Waals surface area contributed by atoms with Crippen molar-refractivity contribution in [3.05, 3.63) is 29.6 Å². The van der Waals surface area contributed by atoms with Crippen molar-refractivity contribution in [2.45, 2.75) is 25.4 Å². The number of rotatable bonds is 3. The third kappa shape index (κ3) is 2.58. The molecule has 1 aliphatic heterocycles. The van der Waals surface area contributed by atoms with E-state index in [0.717, 1.165) is 30.9 Å². The minimum absolute atomic E-state index is 0.175. The molecule has 0 aromatic heterocycles. The van der Waals surface area contributed by atoms with Gasteiger partial charge in [-0.1, -0.05) is 0 Å². The van der Waals surface area contributed by atoms with Crippen molar-refractivity contribution in [3.8, 4) is 0 Å². The minimum Gasteiger partial charge on any atom is -0.379 e. The van der Waals surface area contributed by atoms with Crippen molar-refractivity contribution in [3.63, 3.8) is 0 Å². The number of nitrogens with zero attached hydrogens (tertiary/aromatic N) is 1. The van der Waals surface area contributed by atoms with E-state index in [1.165, 1.54) is 12.1 Å². The Balaban J connectivity index is 2.29. The quantitative estimate of drug-likeness (QED) is 0.876. The zero-order chi connectivity index (χ0) is 12.4. The van der Waals surface area contributed by atoms with Gasteiger partial charge in [-0.2, -0.15) is 0 Å². The molecule has 0 radical (unpaired) electrons. The van der Waals surface area contributed by atoms with Gasteiger partial charge in [-0.3, -0.25) is 0 Å². The van der Waals surface area contributed by atoms with Crippen LogP contribution in [-0.4, -0.2) is 26.3 Å². The molecule has 0 saturated carbocycles. The number of hydrogen-bond acceptors (Lipinski definition) is 3. The van der Waals surface area contributed by atoms with Crippen LogP contribution in [-0.2, 0) is 4.74 Å². The van der Waals surface area contributed by atoms with Crippen LogP contribution in [0.15, 0.2) is 18.2 Å². The summed E-state index contributed by atoms with van der Waals surface area (Å²) in [6, 6.07) is 4.98. The van der Waals surface area contributed by atoms with Gasteiger partial charge in [0, 0.05) is 25.4 Å². The molecule has 0 bridgehead atoms. The highest BCUT2D eigenvalue weighted by Crippen LogP contribution is 2.28. The molecule has 2 N–H and O–H groups in total. The van der Waals surface area contributed by atoms with Gasteiger partial charge in [0.2, 0.25) is 0 Å². The van der Waals surface area contributed by atoms with Crippen LogP contribution in [0.3, 0.4) is 0 Å². The second-order valence-corrected chi connectivity index (χ2v) is 4.62. The number of hydrogen-bond donors (Lipinski definition) is 1. The number of halogens is 1. The van der Waals surface area contributed by atoms with E-state index in [-0.39, 0.29) is 11.9 Å². The first-order valence-electron chi connectivity index (χ1n) is 5.95. The molecule has 4 heteroatoms. The van der Waals surface area contributed by atoms with Gasteiger partial charge >= 0.3 is 0 Å². The van der Waals surface area contributed by atoms with Crippen LogP contribution < -0.4 is 10.6 Å². The van der Waals surface area contributed by atoms with Crippen LogP contribution in [0.1, 0.15) is 24.9 Å². The van der Waals surface area contributed by atoms with Crippen LogP contribution in [0.4, 0.5) is 10.1 Å². The molecule has 2 rings (SSSR count). The smallest absolute Gasteiger partial charge is 0.123 e. The normalized spacial score (nSPS) is 21.5. The first-order chi connectivity index (χ1) is 8.09. The van der Waals surface area contributed by atoms with E-state index < -0.39 is 0 Å². The Bertz CT molecular complexity index is 389. The molecular formula is C13H19FN2O. The minimum atomic E-state index is -0.239. The fourth-order valence-electron chi connectivity index (χ4n) is 2.24. The Kier molecular flexibility index (Phi) is 3.64. The van der Waals surface area contributed by atoms with E-state index in [0.29, 0.717) is 6.04 Å². The summed E-state index contributed by atoms with van der Waals surface area (Å²) < 4.78 is 18.6. The molecule has 1 aromatic rings. The summed E-state index contributed by atoms with van der Waals surface area (Å²) in [6.45, 7) is 3.40. The molecule has 94 valence electrons. The molecule has 0 amide bonds. The number of nitrogens with two attached hydrogens (primary N) is 1. The van der Waals surface area contributed by atoms with Crippen molar-refractivity contribution in [2.24, 2.45) is 5.73 Å². The second kappa shape index (κ2) is 5.02. The maximum absolute atomic E-state index is 13.2. The Morgan fingerprint density at radius 1 is 1.53 bits per heavy atom. The summed E-state index contributed by atoms with van der Waals surface area (Å²) in [5.41, 5.74) is 7.74.